The van der Waals surface area contributed by atoms with Crippen LogP contribution in [0.4, 0.5) is 0 Å². The molecule has 8 nitrogen and oxygen atoms in total. The molecule has 8 heteroatoms. The van der Waals surface area contributed by atoms with Crippen LogP contribution in [-0.2, 0) is 0 Å². The molecule has 7 rings (SSSR count). The maximum Gasteiger partial charge on any atom is 0.261 e. The van der Waals surface area contributed by atoms with E-state index in [2.05, 4.69) is 12.1 Å². The predicted molar refractivity (Wildman–Crippen MR) is 176 cm³/mol. The third-order valence-electron chi connectivity index (χ3n) is 9.65. The van der Waals surface area contributed by atoms with Crippen LogP contribution in [0.15, 0.2) is 36.4 Å². The lowest BCUT2D eigenvalue weighted by Crippen LogP contribution is -2.46. The first-order chi connectivity index (χ1) is 21.9. The van der Waals surface area contributed by atoms with Crippen LogP contribution in [0, 0.1) is 34.5 Å². The van der Waals surface area contributed by atoms with E-state index in [-0.39, 0.29) is 46.2 Å². The molecule has 46 heavy (non-hydrogen) atoms. The van der Waals surface area contributed by atoms with Gasteiger partial charge in [0.1, 0.15) is 0 Å². The van der Waals surface area contributed by atoms with Crippen molar-refractivity contribution in [2.24, 2.45) is 11.8 Å². The highest BCUT2D eigenvalue weighted by atomic mass is 16.2. The maximum absolute atomic E-state index is 14.0. The molecule has 2 unspecified atom stereocenters. The average Bonchev–Trinajstić information content (AvgIpc) is 3.00. The fourth-order valence-electron chi connectivity index (χ4n) is 8.06. The lowest BCUT2D eigenvalue weighted by molar-refractivity contribution is 0.0519. The molecule has 0 aliphatic carbocycles. The first-order valence-corrected chi connectivity index (χ1v) is 15.7. The normalized spacial score (nSPS) is 16.0. The Hall–Kier alpha value is -5.34. The number of carbonyl (C=O) groups is 4. The van der Waals surface area contributed by atoms with Crippen LogP contribution in [-0.4, -0.2) is 45.5 Å². The summed E-state index contributed by atoms with van der Waals surface area (Å²) in [4.78, 5) is 58.5. The van der Waals surface area contributed by atoms with Crippen molar-refractivity contribution < 1.29 is 19.2 Å². The van der Waals surface area contributed by atoms with Gasteiger partial charge >= 0.3 is 0 Å². The van der Waals surface area contributed by atoms with Crippen LogP contribution in [0.25, 0.3) is 43.1 Å². The van der Waals surface area contributed by atoms with Crippen LogP contribution >= 0.6 is 0 Å². The molecular formula is C38H32N4O4. The fraction of sp³-hybridized carbons (Fsp3) is 0.316. The molecule has 0 radical (unpaired) electrons. The van der Waals surface area contributed by atoms with Crippen molar-refractivity contribution >= 4 is 66.7 Å². The summed E-state index contributed by atoms with van der Waals surface area (Å²) in [5.41, 5.74) is 1.76. The Morgan fingerprint density at radius 3 is 1.20 bits per heavy atom. The molecule has 2 heterocycles. The number of fused-ring (bicyclic) bond motifs is 2. The number of hydrogen-bond donors (Lipinski definition) is 0. The minimum Gasteiger partial charge on any atom is -0.272 e. The Morgan fingerprint density at radius 1 is 0.522 bits per heavy atom. The predicted octanol–water partition coefficient (Wildman–Crippen LogP) is 7.54. The van der Waals surface area contributed by atoms with Crippen molar-refractivity contribution in [3.05, 3.63) is 69.8 Å². The number of nitriles is 2. The van der Waals surface area contributed by atoms with Gasteiger partial charge in [0.25, 0.3) is 23.6 Å². The number of hydrogen-bond acceptors (Lipinski definition) is 6. The summed E-state index contributed by atoms with van der Waals surface area (Å²) < 4.78 is 0. The van der Waals surface area contributed by atoms with Gasteiger partial charge in [0, 0.05) is 55.5 Å². The average molecular weight is 609 g/mol. The second-order valence-electron chi connectivity index (χ2n) is 13.7. The van der Waals surface area contributed by atoms with Gasteiger partial charge in [0.05, 0.1) is 34.4 Å². The van der Waals surface area contributed by atoms with Gasteiger partial charge in [-0.15, -0.1) is 0 Å². The molecule has 0 bridgehead atoms. The van der Waals surface area contributed by atoms with E-state index in [4.69, 9.17) is 0 Å². The van der Waals surface area contributed by atoms with Gasteiger partial charge in [-0.25, -0.2) is 0 Å². The smallest absolute Gasteiger partial charge is 0.261 e. The van der Waals surface area contributed by atoms with E-state index in [1.54, 1.807) is 36.4 Å². The second-order valence-corrected chi connectivity index (χ2v) is 13.7. The minimum atomic E-state index is -0.450. The summed E-state index contributed by atoms with van der Waals surface area (Å²) >= 11 is 0. The van der Waals surface area contributed by atoms with Crippen molar-refractivity contribution in [3.8, 4) is 12.1 Å². The van der Waals surface area contributed by atoms with Crippen LogP contribution < -0.4 is 0 Å². The molecule has 0 saturated carbocycles. The standard InChI is InChI=1S/C38H32N4O4/c1-17(2)11-19(5)41-35(43)25-9-7-23-30-22(16-40)14-28-32-26(36(44)42(38(28)46)20(6)12-18(3)4)10-8-24(34(30)32)29-21(15-39)13-27(37(41)45)31(25)33(23)29/h7-10,13-14,17-20H,11-12H2,1-6H3. The molecule has 0 spiro atoms. The summed E-state index contributed by atoms with van der Waals surface area (Å²) in [6, 6.07) is 13.9. The monoisotopic (exact) mass is 608 g/mol. The zero-order valence-electron chi connectivity index (χ0n) is 26.6. The van der Waals surface area contributed by atoms with Gasteiger partial charge < -0.3 is 0 Å². The quantitative estimate of drug-likeness (QED) is 0.111. The highest BCUT2D eigenvalue weighted by molar-refractivity contribution is 6.42. The first kappa shape index (κ1) is 29.4. The van der Waals surface area contributed by atoms with Gasteiger partial charge in [0.2, 0.25) is 0 Å². The Bertz CT molecular complexity index is 2160. The molecule has 228 valence electrons. The number of carbonyl (C=O) groups excluding carboxylic acids is 4. The highest BCUT2D eigenvalue weighted by Gasteiger charge is 2.40. The summed E-state index contributed by atoms with van der Waals surface area (Å²) in [7, 11) is 0. The maximum atomic E-state index is 14.0. The fourth-order valence-corrected chi connectivity index (χ4v) is 8.06. The third kappa shape index (κ3) is 3.77. The van der Waals surface area contributed by atoms with Crippen LogP contribution in [0.3, 0.4) is 0 Å². The van der Waals surface area contributed by atoms with E-state index < -0.39 is 23.6 Å². The van der Waals surface area contributed by atoms with Gasteiger partial charge in [0.15, 0.2) is 0 Å². The molecule has 4 amide bonds. The molecule has 0 N–H and O–H groups in total. The summed E-state index contributed by atoms with van der Waals surface area (Å²) in [5.74, 6) is -1.17. The van der Waals surface area contributed by atoms with E-state index in [9.17, 15) is 29.7 Å². The van der Waals surface area contributed by atoms with Crippen molar-refractivity contribution in [2.75, 3.05) is 0 Å². The lowest BCUT2D eigenvalue weighted by atomic mass is 9.79. The van der Waals surface area contributed by atoms with E-state index in [1.807, 2.05) is 41.5 Å². The molecule has 0 aromatic heterocycles. The zero-order valence-corrected chi connectivity index (χ0v) is 26.6. The topological polar surface area (TPSA) is 122 Å². The molecule has 0 saturated heterocycles. The summed E-state index contributed by atoms with van der Waals surface area (Å²) in [6.45, 7) is 11.9. The summed E-state index contributed by atoms with van der Waals surface area (Å²) in [5, 5.41) is 25.2. The van der Waals surface area contributed by atoms with Gasteiger partial charge in [-0.1, -0.05) is 39.8 Å². The zero-order chi connectivity index (χ0) is 32.9. The molecule has 5 aromatic rings. The van der Waals surface area contributed by atoms with Crippen molar-refractivity contribution in [3.63, 3.8) is 0 Å². The van der Waals surface area contributed by atoms with Crippen LogP contribution in [0.1, 0.15) is 107 Å². The number of rotatable bonds is 6. The Labute approximate surface area is 266 Å². The highest BCUT2D eigenvalue weighted by Crippen LogP contribution is 2.48. The molecule has 2 aliphatic rings. The van der Waals surface area contributed by atoms with Crippen LogP contribution in [0.2, 0.25) is 0 Å². The third-order valence-corrected chi connectivity index (χ3v) is 9.65. The van der Waals surface area contributed by atoms with Gasteiger partial charge in [-0.3, -0.25) is 29.0 Å². The van der Waals surface area contributed by atoms with E-state index in [0.717, 1.165) is 0 Å². The summed E-state index contributed by atoms with van der Waals surface area (Å²) in [6.07, 6.45) is 1.27. The van der Waals surface area contributed by atoms with E-state index in [0.29, 0.717) is 67.1 Å². The number of imide groups is 2. The van der Waals surface area contributed by atoms with Crippen molar-refractivity contribution in [1.29, 1.82) is 10.5 Å². The van der Waals surface area contributed by atoms with Gasteiger partial charge in [-0.05, 0) is 73.6 Å². The van der Waals surface area contributed by atoms with Gasteiger partial charge in [-0.2, -0.15) is 10.5 Å². The van der Waals surface area contributed by atoms with E-state index in [1.165, 1.54) is 9.80 Å². The molecule has 0 fully saturated rings. The Morgan fingerprint density at radius 2 is 0.870 bits per heavy atom. The minimum absolute atomic E-state index is 0.241. The first-order valence-electron chi connectivity index (χ1n) is 15.7. The second kappa shape index (κ2) is 10.1. The van der Waals surface area contributed by atoms with Crippen molar-refractivity contribution in [2.45, 2.75) is 66.5 Å². The number of nitrogens with zero attached hydrogens (tertiary/aromatic N) is 4. The largest absolute Gasteiger partial charge is 0.272 e. The molecular weight excluding hydrogens is 576 g/mol. The molecule has 2 aliphatic heterocycles. The molecule has 5 aromatic carbocycles. The lowest BCUT2D eigenvalue weighted by Gasteiger charge is -2.34. The van der Waals surface area contributed by atoms with E-state index >= 15 is 0 Å². The number of amides is 4. The SMILES string of the molecule is CC(C)CC(C)N1C(=O)c2ccc3c4c(C#N)cc5c6c(ccc(c7c(C#N)cc(c2c37)C1=O)c64)C(=O)N(C(C)CC(C)C)C5=O. The van der Waals surface area contributed by atoms with Crippen LogP contribution in [0.5, 0.6) is 0 Å². The molecule has 2 atom stereocenters. The Balaban J connectivity index is 1.61. The van der Waals surface area contributed by atoms with Crippen molar-refractivity contribution in [1.82, 2.24) is 9.80 Å². The number of benzene rings is 5. The Kier molecular flexibility index (Phi) is 6.44.